The molecule has 0 bridgehead atoms. The molecule has 126 valence electrons. The standard InChI is InChI=1S/C20H24N2O2/c1-16-6-8-19(9-7-16)24-15-20(23)22-12-10-21(11-13-22)18-5-3-4-17(2)14-18/h3-9,14H,10-13,15H2,1-2H3. The largest absolute Gasteiger partial charge is 0.484 e. The van der Waals surface area contributed by atoms with E-state index in [0.717, 1.165) is 31.9 Å². The van der Waals surface area contributed by atoms with Crippen molar-refractivity contribution < 1.29 is 9.53 Å². The molecule has 24 heavy (non-hydrogen) atoms. The molecule has 1 aliphatic rings. The van der Waals surface area contributed by atoms with Crippen molar-refractivity contribution in [1.82, 2.24) is 4.90 Å². The second kappa shape index (κ2) is 7.39. The average Bonchev–Trinajstić information content (AvgIpc) is 2.61. The lowest BCUT2D eigenvalue weighted by Gasteiger charge is -2.36. The van der Waals surface area contributed by atoms with E-state index in [2.05, 4.69) is 36.1 Å². The van der Waals surface area contributed by atoms with Gasteiger partial charge in [0.25, 0.3) is 5.91 Å². The molecule has 1 saturated heterocycles. The number of nitrogens with zero attached hydrogens (tertiary/aromatic N) is 2. The van der Waals surface area contributed by atoms with E-state index in [-0.39, 0.29) is 12.5 Å². The molecule has 0 spiro atoms. The van der Waals surface area contributed by atoms with Crippen molar-refractivity contribution in [2.45, 2.75) is 13.8 Å². The predicted octanol–water partition coefficient (Wildman–Crippen LogP) is 3.03. The number of benzene rings is 2. The number of ether oxygens (including phenoxy) is 1. The number of anilines is 1. The van der Waals surface area contributed by atoms with Crippen molar-refractivity contribution >= 4 is 11.6 Å². The van der Waals surface area contributed by atoms with E-state index in [1.807, 2.05) is 36.1 Å². The summed E-state index contributed by atoms with van der Waals surface area (Å²) < 4.78 is 5.60. The number of carbonyl (C=O) groups is 1. The monoisotopic (exact) mass is 324 g/mol. The molecule has 0 saturated carbocycles. The molecule has 1 amide bonds. The van der Waals surface area contributed by atoms with Crippen LogP contribution in [-0.4, -0.2) is 43.6 Å². The van der Waals surface area contributed by atoms with Crippen LogP contribution in [0.1, 0.15) is 11.1 Å². The Morgan fingerprint density at radius 1 is 0.958 bits per heavy atom. The smallest absolute Gasteiger partial charge is 0.260 e. The molecular formula is C20H24N2O2. The molecule has 0 aromatic heterocycles. The van der Waals surface area contributed by atoms with Crippen molar-refractivity contribution in [1.29, 1.82) is 0 Å². The van der Waals surface area contributed by atoms with Crippen LogP contribution in [0.2, 0.25) is 0 Å². The van der Waals surface area contributed by atoms with Crippen molar-refractivity contribution in [3.05, 3.63) is 59.7 Å². The second-order valence-corrected chi connectivity index (χ2v) is 6.31. The van der Waals surface area contributed by atoms with Crippen LogP contribution in [0.25, 0.3) is 0 Å². The minimum atomic E-state index is 0.0551. The summed E-state index contributed by atoms with van der Waals surface area (Å²) in [5.74, 6) is 0.798. The summed E-state index contributed by atoms with van der Waals surface area (Å²) in [4.78, 5) is 16.5. The highest BCUT2D eigenvalue weighted by Gasteiger charge is 2.21. The van der Waals surface area contributed by atoms with E-state index in [1.165, 1.54) is 16.8 Å². The number of piperazine rings is 1. The van der Waals surface area contributed by atoms with Crippen LogP contribution >= 0.6 is 0 Å². The zero-order valence-electron chi connectivity index (χ0n) is 14.4. The Morgan fingerprint density at radius 2 is 1.67 bits per heavy atom. The van der Waals surface area contributed by atoms with Gasteiger partial charge in [0.15, 0.2) is 6.61 Å². The number of carbonyl (C=O) groups excluding carboxylic acids is 1. The summed E-state index contributed by atoms with van der Waals surface area (Å²) in [6, 6.07) is 16.3. The van der Waals surface area contributed by atoms with Crippen LogP contribution in [0, 0.1) is 13.8 Å². The van der Waals surface area contributed by atoms with Gasteiger partial charge in [0.05, 0.1) is 0 Å². The maximum absolute atomic E-state index is 12.3. The fourth-order valence-electron chi connectivity index (χ4n) is 2.91. The number of hydrogen-bond donors (Lipinski definition) is 0. The Kier molecular flexibility index (Phi) is 5.04. The fourth-order valence-corrected chi connectivity index (χ4v) is 2.91. The van der Waals surface area contributed by atoms with Gasteiger partial charge in [-0.05, 0) is 43.7 Å². The van der Waals surface area contributed by atoms with E-state index in [4.69, 9.17) is 4.74 Å². The van der Waals surface area contributed by atoms with Gasteiger partial charge in [0.2, 0.25) is 0 Å². The van der Waals surface area contributed by atoms with Gasteiger partial charge in [-0.2, -0.15) is 0 Å². The maximum atomic E-state index is 12.3. The number of rotatable bonds is 4. The summed E-state index contributed by atoms with van der Waals surface area (Å²) in [6.07, 6.45) is 0. The van der Waals surface area contributed by atoms with Gasteiger partial charge in [-0.15, -0.1) is 0 Å². The third-order valence-electron chi connectivity index (χ3n) is 4.38. The molecule has 4 nitrogen and oxygen atoms in total. The van der Waals surface area contributed by atoms with E-state index >= 15 is 0 Å². The van der Waals surface area contributed by atoms with E-state index in [0.29, 0.717) is 0 Å². The molecule has 0 radical (unpaired) electrons. The Morgan fingerprint density at radius 3 is 2.33 bits per heavy atom. The van der Waals surface area contributed by atoms with Crippen molar-refractivity contribution in [2.75, 3.05) is 37.7 Å². The summed E-state index contributed by atoms with van der Waals surface area (Å²) in [6.45, 7) is 7.44. The van der Waals surface area contributed by atoms with Gasteiger partial charge in [0.1, 0.15) is 5.75 Å². The Hall–Kier alpha value is -2.49. The van der Waals surface area contributed by atoms with Crippen LogP contribution in [0.15, 0.2) is 48.5 Å². The summed E-state index contributed by atoms with van der Waals surface area (Å²) in [5.41, 5.74) is 3.68. The average molecular weight is 324 g/mol. The van der Waals surface area contributed by atoms with Crippen molar-refractivity contribution in [3.8, 4) is 5.75 Å². The summed E-state index contributed by atoms with van der Waals surface area (Å²) >= 11 is 0. The first-order chi connectivity index (χ1) is 11.6. The molecule has 0 aliphatic carbocycles. The molecule has 2 aromatic carbocycles. The van der Waals surface area contributed by atoms with Gasteiger partial charge >= 0.3 is 0 Å². The Labute approximate surface area is 143 Å². The molecule has 0 atom stereocenters. The van der Waals surface area contributed by atoms with Crippen LogP contribution < -0.4 is 9.64 Å². The molecule has 3 rings (SSSR count). The summed E-state index contributed by atoms with van der Waals surface area (Å²) in [5, 5.41) is 0. The number of aryl methyl sites for hydroxylation is 2. The van der Waals surface area contributed by atoms with Crippen LogP contribution in [0.4, 0.5) is 5.69 Å². The minimum absolute atomic E-state index is 0.0551. The Balaban J connectivity index is 1.49. The quantitative estimate of drug-likeness (QED) is 0.867. The van der Waals surface area contributed by atoms with Gasteiger partial charge in [-0.3, -0.25) is 4.79 Å². The van der Waals surface area contributed by atoms with Gasteiger partial charge in [-0.25, -0.2) is 0 Å². The van der Waals surface area contributed by atoms with E-state index in [9.17, 15) is 4.79 Å². The Bertz CT molecular complexity index is 689. The molecule has 1 fully saturated rings. The second-order valence-electron chi connectivity index (χ2n) is 6.31. The van der Waals surface area contributed by atoms with E-state index in [1.54, 1.807) is 0 Å². The first-order valence-corrected chi connectivity index (χ1v) is 8.41. The lowest BCUT2D eigenvalue weighted by molar-refractivity contribution is -0.133. The normalized spacial score (nSPS) is 14.6. The van der Waals surface area contributed by atoms with Crippen molar-refractivity contribution in [3.63, 3.8) is 0 Å². The van der Waals surface area contributed by atoms with Crippen LogP contribution in [0.3, 0.4) is 0 Å². The zero-order valence-corrected chi connectivity index (χ0v) is 14.4. The minimum Gasteiger partial charge on any atom is -0.484 e. The third kappa shape index (κ3) is 4.07. The fraction of sp³-hybridized carbons (Fsp3) is 0.350. The van der Waals surface area contributed by atoms with Gasteiger partial charge < -0.3 is 14.5 Å². The highest BCUT2D eigenvalue weighted by molar-refractivity contribution is 5.78. The van der Waals surface area contributed by atoms with E-state index < -0.39 is 0 Å². The zero-order chi connectivity index (χ0) is 16.9. The topological polar surface area (TPSA) is 32.8 Å². The van der Waals surface area contributed by atoms with Crippen LogP contribution in [-0.2, 0) is 4.79 Å². The highest BCUT2D eigenvalue weighted by Crippen LogP contribution is 2.18. The molecule has 0 N–H and O–H groups in total. The van der Waals surface area contributed by atoms with Crippen molar-refractivity contribution in [2.24, 2.45) is 0 Å². The third-order valence-corrected chi connectivity index (χ3v) is 4.38. The summed E-state index contributed by atoms with van der Waals surface area (Å²) in [7, 11) is 0. The number of hydrogen-bond acceptors (Lipinski definition) is 3. The van der Waals surface area contributed by atoms with Crippen LogP contribution in [0.5, 0.6) is 5.75 Å². The first kappa shape index (κ1) is 16.4. The molecule has 1 aliphatic heterocycles. The lowest BCUT2D eigenvalue weighted by Crippen LogP contribution is -2.50. The lowest BCUT2D eigenvalue weighted by atomic mass is 10.2. The molecule has 1 heterocycles. The predicted molar refractivity (Wildman–Crippen MR) is 96.6 cm³/mol. The molecule has 0 unspecified atom stereocenters. The maximum Gasteiger partial charge on any atom is 0.260 e. The molecule has 4 heteroatoms. The van der Waals surface area contributed by atoms with Gasteiger partial charge in [-0.1, -0.05) is 29.8 Å². The van der Waals surface area contributed by atoms with Gasteiger partial charge in [0, 0.05) is 31.9 Å². The molecular weight excluding hydrogens is 300 g/mol. The molecule has 2 aromatic rings. The first-order valence-electron chi connectivity index (χ1n) is 8.41. The highest BCUT2D eigenvalue weighted by atomic mass is 16.5. The number of amides is 1. The SMILES string of the molecule is Cc1ccc(OCC(=O)N2CCN(c3cccc(C)c3)CC2)cc1.